The number of sulfonamides is 1. The smallest absolute Gasteiger partial charge is 0.265 e. The Morgan fingerprint density at radius 3 is 2.38 bits per heavy atom. The quantitative estimate of drug-likeness (QED) is 0.815. The van der Waals surface area contributed by atoms with E-state index in [2.05, 4.69) is 0 Å². The maximum absolute atomic E-state index is 12.6. The number of nitrogens with two attached hydrogens (primary N) is 2. The minimum absolute atomic E-state index is 0.0490. The van der Waals surface area contributed by atoms with E-state index in [4.69, 9.17) is 11.5 Å². The Hall–Kier alpha value is -1.38. The van der Waals surface area contributed by atoms with Gasteiger partial charge in [-0.05, 0) is 31.7 Å². The largest absolute Gasteiger partial charge is 0.364 e. The minimum atomic E-state index is -3.63. The molecule has 1 fully saturated rings. The molecule has 4 N–H and O–H groups in total. The number of rotatable bonds is 4. The van der Waals surface area contributed by atoms with Crippen LogP contribution in [0.25, 0.3) is 0 Å². The molecule has 1 amide bonds. The molecule has 0 aliphatic heterocycles. The number of amides is 1. The zero-order valence-corrected chi connectivity index (χ0v) is 13.1. The van der Waals surface area contributed by atoms with E-state index >= 15 is 0 Å². The summed E-state index contributed by atoms with van der Waals surface area (Å²) in [6, 6.07) is 1.44. The number of nitrogens with zero attached hydrogens (tertiary/aromatic N) is 2. The van der Waals surface area contributed by atoms with Crippen molar-refractivity contribution in [2.75, 3.05) is 7.05 Å². The van der Waals surface area contributed by atoms with Crippen LogP contribution in [-0.2, 0) is 17.1 Å². The summed E-state index contributed by atoms with van der Waals surface area (Å²) in [5, 5.41) is 0. The molecule has 1 heterocycles. The van der Waals surface area contributed by atoms with E-state index in [1.54, 1.807) is 14.1 Å². The van der Waals surface area contributed by atoms with E-state index in [-0.39, 0.29) is 22.7 Å². The molecule has 1 aromatic heterocycles. The van der Waals surface area contributed by atoms with Crippen molar-refractivity contribution < 1.29 is 13.2 Å². The number of aryl methyl sites for hydroxylation is 1. The van der Waals surface area contributed by atoms with Crippen molar-refractivity contribution in [2.24, 2.45) is 18.5 Å². The molecule has 8 heteroatoms. The van der Waals surface area contributed by atoms with Crippen molar-refractivity contribution in [3.63, 3.8) is 0 Å². The van der Waals surface area contributed by atoms with E-state index < -0.39 is 15.9 Å². The maximum atomic E-state index is 12.6. The molecule has 2 rings (SSSR count). The van der Waals surface area contributed by atoms with Gasteiger partial charge in [-0.2, -0.15) is 4.31 Å². The van der Waals surface area contributed by atoms with Crippen molar-refractivity contribution in [1.82, 2.24) is 8.87 Å². The SMILES string of the molecule is CN(C1CCC(N)CC1)S(=O)(=O)c1cc(C(N)=O)n(C)c1. The second-order valence-corrected chi connectivity index (χ2v) is 7.62. The number of carbonyl (C=O) groups is 1. The average molecular weight is 314 g/mol. The van der Waals surface area contributed by atoms with Gasteiger partial charge in [-0.3, -0.25) is 4.79 Å². The molecule has 0 atom stereocenters. The van der Waals surface area contributed by atoms with Crippen LogP contribution in [0.1, 0.15) is 36.2 Å². The second kappa shape index (κ2) is 5.78. The Morgan fingerprint density at radius 1 is 1.33 bits per heavy atom. The number of hydrogen-bond acceptors (Lipinski definition) is 4. The monoisotopic (exact) mass is 314 g/mol. The lowest BCUT2D eigenvalue weighted by Crippen LogP contribution is -2.41. The van der Waals surface area contributed by atoms with Crippen LogP contribution in [0.5, 0.6) is 0 Å². The van der Waals surface area contributed by atoms with Crippen LogP contribution in [0.4, 0.5) is 0 Å². The van der Waals surface area contributed by atoms with Gasteiger partial charge in [0, 0.05) is 32.4 Å². The molecule has 0 unspecified atom stereocenters. The minimum Gasteiger partial charge on any atom is -0.364 e. The lowest BCUT2D eigenvalue weighted by atomic mass is 9.92. The van der Waals surface area contributed by atoms with Crippen molar-refractivity contribution in [2.45, 2.75) is 42.7 Å². The summed E-state index contributed by atoms with van der Waals surface area (Å²) in [6.45, 7) is 0. The zero-order valence-electron chi connectivity index (χ0n) is 12.3. The lowest BCUT2D eigenvalue weighted by Gasteiger charge is -2.32. The predicted octanol–water partition coefficient (Wildman–Crippen LogP) is 0.0144. The fraction of sp³-hybridized carbons (Fsp3) is 0.615. The molecule has 21 heavy (non-hydrogen) atoms. The standard InChI is InChI=1S/C13H22N4O3S/c1-16-8-11(7-12(16)13(15)18)21(19,20)17(2)10-5-3-9(14)4-6-10/h7-10H,3-6,14H2,1-2H3,(H2,15,18). The number of carbonyl (C=O) groups excluding carboxylic acids is 1. The fourth-order valence-electron chi connectivity index (χ4n) is 2.75. The molecule has 0 spiro atoms. The van der Waals surface area contributed by atoms with Crippen LogP contribution in [-0.4, -0.2) is 42.3 Å². The topological polar surface area (TPSA) is 111 Å². The van der Waals surface area contributed by atoms with Gasteiger partial charge in [-0.1, -0.05) is 0 Å². The van der Waals surface area contributed by atoms with Gasteiger partial charge >= 0.3 is 0 Å². The zero-order chi connectivity index (χ0) is 15.8. The molecular formula is C13H22N4O3S. The van der Waals surface area contributed by atoms with Crippen LogP contribution in [0.2, 0.25) is 0 Å². The summed E-state index contributed by atoms with van der Waals surface area (Å²) >= 11 is 0. The van der Waals surface area contributed by atoms with Gasteiger partial charge in [0.25, 0.3) is 5.91 Å². The third kappa shape index (κ3) is 3.12. The highest BCUT2D eigenvalue weighted by atomic mass is 32.2. The van der Waals surface area contributed by atoms with E-state index in [1.807, 2.05) is 0 Å². The number of primary amides is 1. The fourth-order valence-corrected chi connectivity index (χ4v) is 4.24. The van der Waals surface area contributed by atoms with Crippen molar-refractivity contribution >= 4 is 15.9 Å². The van der Waals surface area contributed by atoms with Crippen LogP contribution in [0.3, 0.4) is 0 Å². The molecule has 0 bridgehead atoms. The highest BCUT2D eigenvalue weighted by Gasteiger charge is 2.31. The van der Waals surface area contributed by atoms with E-state index in [9.17, 15) is 13.2 Å². The van der Waals surface area contributed by atoms with Gasteiger partial charge in [-0.15, -0.1) is 0 Å². The summed E-state index contributed by atoms with van der Waals surface area (Å²) in [5.74, 6) is -0.648. The first-order valence-corrected chi connectivity index (χ1v) is 8.37. The van der Waals surface area contributed by atoms with Gasteiger partial charge in [0.2, 0.25) is 10.0 Å². The summed E-state index contributed by atoms with van der Waals surface area (Å²) in [5.41, 5.74) is 11.2. The molecule has 0 saturated heterocycles. The molecule has 7 nitrogen and oxygen atoms in total. The number of hydrogen-bond donors (Lipinski definition) is 2. The van der Waals surface area contributed by atoms with E-state index in [1.165, 1.54) is 21.1 Å². The highest BCUT2D eigenvalue weighted by molar-refractivity contribution is 7.89. The molecule has 1 aliphatic rings. The van der Waals surface area contributed by atoms with Gasteiger partial charge < -0.3 is 16.0 Å². The summed E-state index contributed by atoms with van der Waals surface area (Å²) in [7, 11) is -0.454. The van der Waals surface area contributed by atoms with Crippen molar-refractivity contribution in [1.29, 1.82) is 0 Å². The predicted molar refractivity (Wildman–Crippen MR) is 79.1 cm³/mol. The number of aromatic nitrogens is 1. The Balaban J connectivity index is 2.25. The third-order valence-electron chi connectivity index (χ3n) is 4.16. The molecular weight excluding hydrogens is 292 g/mol. The first kappa shape index (κ1) is 16.0. The highest BCUT2D eigenvalue weighted by Crippen LogP contribution is 2.26. The van der Waals surface area contributed by atoms with Crippen molar-refractivity contribution in [3.05, 3.63) is 18.0 Å². The van der Waals surface area contributed by atoms with Crippen molar-refractivity contribution in [3.8, 4) is 0 Å². The average Bonchev–Trinajstić information content (AvgIpc) is 2.82. The van der Waals surface area contributed by atoms with Crippen LogP contribution in [0, 0.1) is 0 Å². The summed E-state index contributed by atoms with van der Waals surface area (Å²) in [4.78, 5) is 11.3. The van der Waals surface area contributed by atoms with Crippen LogP contribution < -0.4 is 11.5 Å². The molecule has 0 radical (unpaired) electrons. The van der Waals surface area contributed by atoms with E-state index in [0.29, 0.717) is 0 Å². The van der Waals surface area contributed by atoms with Gasteiger partial charge in [0.1, 0.15) is 10.6 Å². The lowest BCUT2D eigenvalue weighted by molar-refractivity contribution is 0.0992. The first-order valence-electron chi connectivity index (χ1n) is 6.93. The Bertz CT molecular complexity index is 630. The molecule has 118 valence electrons. The van der Waals surface area contributed by atoms with Crippen LogP contribution >= 0.6 is 0 Å². The van der Waals surface area contributed by atoms with Gasteiger partial charge in [0.15, 0.2) is 0 Å². The van der Waals surface area contributed by atoms with Gasteiger partial charge in [0.05, 0.1) is 0 Å². The Morgan fingerprint density at radius 2 is 1.90 bits per heavy atom. The summed E-state index contributed by atoms with van der Waals surface area (Å²) < 4.78 is 28.1. The molecule has 1 aliphatic carbocycles. The van der Waals surface area contributed by atoms with Crippen LogP contribution in [0.15, 0.2) is 17.2 Å². The first-order chi connectivity index (χ1) is 9.73. The third-order valence-corrected chi connectivity index (χ3v) is 6.04. The van der Waals surface area contributed by atoms with E-state index in [0.717, 1.165) is 25.7 Å². The van der Waals surface area contributed by atoms with Gasteiger partial charge in [-0.25, -0.2) is 8.42 Å². The summed E-state index contributed by atoms with van der Waals surface area (Å²) in [6.07, 6.45) is 4.58. The Labute approximate surface area is 124 Å². The molecule has 0 aromatic carbocycles. The molecule has 1 saturated carbocycles. The maximum Gasteiger partial charge on any atom is 0.265 e. The second-order valence-electron chi connectivity index (χ2n) is 5.63. The normalized spacial score (nSPS) is 23.4. The Kier molecular flexibility index (Phi) is 4.40. The molecule has 1 aromatic rings.